The van der Waals surface area contributed by atoms with E-state index in [1.54, 1.807) is 13.0 Å². The highest BCUT2D eigenvalue weighted by atomic mass is 35.5. The van der Waals surface area contributed by atoms with E-state index in [0.29, 0.717) is 5.69 Å². The molecular weight excluding hydrogens is 460 g/mol. The summed E-state index contributed by atoms with van der Waals surface area (Å²) in [5.41, 5.74) is 3.40. The number of amides is 1. The number of carbonyl (C=O) groups is 1. The van der Waals surface area contributed by atoms with Crippen LogP contribution in [-0.4, -0.2) is 27.0 Å². The van der Waals surface area contributed by atoms with E-state index in [2.05, 4.69) is 10.0 Å². The van der Waals surface area contributed by atoms with Crippen LogP contribution in [-0.2, 0) is 21.2 Å². The Morgan fingerprint density at radius 2 is 1.67 bits per heavy atom. The first-order valence-corrected chi connectivity index (χ1v) is 12.4. The maximum Gasteiger partial charge on any atom is 0.245 e. The summed E-state index contributed by atoms with van der Waals surface area (Å²) in [4.78, 5) is 13.1. The first-order chi connectivity index (χ1) is 15.7. The van der Waals surface area contributed by atoms with Gasteiger partial charge >= 0.3 is 0 Å². The molecule has 1 amide bonds. The summed E-state index contributed by atoms with van der Waals surface area (Å²) in [5.74, 6) is -0.296. The Balaban J connectivity index is 1.94. The van der Waals surface area contributed by atoms with E-state index in [1.807, 2.05) is 62.4 Å². The molecule has 174 valence electrons. The van der Waals surface area contributed by atoms with E-state index < -0.39 is 22.0 Å². The van der Waals surface area contributed by atoms with Crippen LogP contribution in [0.2, 0.25) is 5.02 Å². The molecule has 1 atom stereocenters. The highest BCUT2D eigenvalue weighted by Gasteiger charge is 2.29. The number of carbonyl (C=O) groups excluding carboxylic acids is 1. The molecule has 3 rings (SSSR count). The Kier molecular flexibility index (Phi) is 8.13. The Hall–Kier alpha value is -2.87. The van der Waals surface area contributed by atoms with Crippen LogP contribution in [0.4, 0.5) is 5.69 Å². The molecule has 0 radical (unpaired) electrons. The molecule has 2 N–H and O–H groups in total. The molecule has 0 aromatic heterocycles. The van der Waals surface area contributed by atoms with Crippen molar-refractivity contribution in [1.82, 2.24) is 4.72 Å². The number of sulfonamides is 1. The van der Waals surface area contributed by atoms with Crippen LogP contribution in [0.25, 0.3) is 0 Å². The van der Waals surface area contributed by atoms with Gasteiger partial charge in [-0.25, -0.2) is 8.42 Å². The van der Waals surface area contributed by atoms with E-state index in [-0.39, 0.29) is 28.7 Å². The summed E-state index contributed by atoms with van der Waals surface area (Å²) >= 11 is 6.06. The molecule has 33 heavy (non-hydrogen) atoms. The molecule has 0 spiro atoms. The van der Waals surface area contributed by atoms with Crippen LogP contribution in [0.3, 0.4) is 0 Å². The minimum absolute atomic E-state index is 0.117. The zero-order valence-electron chi connectivity index (χ0n) is 18.8. The van der Waals surface area contributed by atoms with Gasteiger partial charge in [-0.3, -0.25) is 4.79 Å². The fraction of sp³-hybridized carbons (Fsp3) is 0.240. The molecule has 0 aliphatic rings. The SMILES string of the molecule is CCOc1ccc(Cl)cc1S(=O)(=O)NC(Cc1ccccc1)C(=O)Nc1cc(C)cc(C)c1. The van der Waals surface area contributed by atoms with Gasteiger partial charge in [0.15, 0.2) is 0 Å². The highest BCUT2D eigenvalue weighted by Crippen LogP contribution is 2.28. The van der Waals surface area contributed by atoms with Gasteiger partial charge in [0, 0.05) is 10.7 Å². The largest absolute Gasteiger partial charge is 0.492 e. The second-order valence-corrected chi connectivity index (χ2v) is 9.87. The van der Waals surface area contributed by atoms with E-state index in [4.69, 9.17) is 16.3 Å². The number of halogens is 1. The van der Waals surface area contributed by atoms with E-state index in [9.17, 15) is 13.2 Å². The number of rotatable bonds is 9. The zero-order chi connectivity index (χ0) is 24.0. The third kappa shape index (κ3) is 6.81. The normalized spacial score (nSPS) is 12.2. The van der Waals surface area contributed by atoms with Crippen molar-refractivity contribution in [1.29, 1.82) is 0 Å². The van der Waals surface area contributed by atoms with Crippen molar-refractivity contribution in [3.63, 3.8) is 0 Å². The van der Waals surface area contributed by atoms with Gasteiger partial charge in [-0.15, -0.1) is 0 Å². The van der Waals surface area contributed by atoms with Gasteiger partial charge in [0.2, 0.25) is 15.9 Å². The predicted molar refractivity (Wildman–Crippen MR) is 131 cm³/mol. The van der Waals surface area contributed by atoms with Crippen molar-refractivity contribution in [2.75, 3.05) is 11.9 Å². The van der Waals surface area contributed by atoms with Gasteiger partial charge in [0.25, 0.3) is 0 Å². The second-order valence-electron chi connectivity index (χ2n) is 7.75. The molecule has 0 bridgehead atoms. The highest BCUT2D eigenvalue weighted by molar-refractivity contribution is 7.89. The van der Waals surface area contributed by atoms with Crippen molar-refractivity contribution < 1.29 is 17.9 Å². The van der Waals surface area contributed by atoms with Crippen LogP contribution in [0, 0.1) is 13.8 Å². The summed E-state index contributed by atoms with van der Waals surface area (Å²) in [6, 6.07) is 18.2. The number of ether oxygens (including phenoxy) is 1. The molecule has 3 aromatic carbocycles. The fourth-order valence-corrected chi connectivity index (χ4v) is 5.13. The second kappa shape index (κ2) is 10.8. The number of hydrogen-bond donors (Lipinski definition) is 2. The number of benzene rings is 3. The van der Waals surface area contributed by atoms with Gasteiger partial charge in [-0.1, -0.05) is 48.0 Å². The molecule has 0 saturated carbocycles. The summed E-state index contributed by atoms with van der Waals surface area (Å²) in [7, 11) is -4.13. The van der Waals surface area contributed by atoms with Gasteiger partial charge in [-0.05, 0) is 74.2 Å². The minimum atomic E-state index is -4.13. The van der Waals surface area contributed by atoms with Crippen molar-refractivity contribution in [3.8, 4) is 5.75 Å². The lowest BCUT2D eigenvalue weighted by Gasteiger charge is -2.20. The van der Waals surface area contributed by atoms with Crippen LogP contribution < -0.4 is 14.8 Å². The number of hydrogen-bond acceptors (Lipinski definition) is 4. The van der Waals surface area contributed by atoms with Crippen LogP contribution in [0.15, 0.2) is 71.6 Å². The molecule has 0 heterocycles. The molecule has 6 nitrogen and oxygen atoms in total. The van der Waals surface area contributed by atoms with Crippen molar-refractivity contribution in [2.45, 2.75) is 38.1 Å². The average molecular weight is 487 g/mol. The molecule has 0 aliphatic carbocycles. The molecule has 3 aromatic rings. The quantitative estimate of drug-likeness (QED) is 0.451. The summed E-state index contributed by atoms with van der Waals surface area (Å²) in [6.45, 7) is 5.90. The third-order valence-corrected chi connectivity index (χ3v) is 6.61. The first-order valence-electron chi connectivity index (χ1n) is 10.6. The van der Waals surface area contributed by atoms with Gasteiger partial charge < -0.3 is 10.1 Å². The molecule has 0 saturated heterocycles. The monoisotopic (exact) mass is 486 g/mol. The molecule has 8 heteroatoms. The van der Waals surface area contributed by atoms with Crippen molar-refractivity contribution >= 4 is 33.2 Å². The smallest absolute Gasteiger partial charge is 0.245 e. The van der Waals surface area contributed by atoms with Crippen LogP contribution in [0.1, 0.15) is 23.6 Å². The maximum absolute atomic E-state index is 13.3. The fourth-order valence-electron chi connectivity index (χ4n) is 3.53. The zero-order valence-corrected chi connectivity index (χ0v) is 20.3. The average Bonchev–Trinajstić information content (AvgIpc) is 2.74. The minimum Gasteiger partial charge on any atom is -0.492 e. The van der Waals surface area contributed by atoms with Crippen molar-refractivity contribution in [3.05, 3.63) is 88.4 Å². The lowest BCUT2D eigenvalue weighted by atomic mass is 10.1. The van der Waals surface area contributed by atoms with Crippen LogP contribution >= 0.6 is 11.6 Å². The van der Waals surface area contributed by atoms with E-state index >= 15 is 0 Å². The maximum atomic E-state index is 13.3. The number of anilines is 1. The van der Waals surface area contributed by atoms with Crippen LogP contribution in [0.5, 0.6) is 5.75 Å². The molecule has 1 unspecified atom stereocenters. The predicted octanol–water partition coefficient (Wildman–Crippen LogP) is 4.88. The summed E-state index contributed by atoms with van der Waals surface area (Å²) < 4.78 is 34.7. The summed E-state index contributed by atoms with van der Waals surface area (Å²) in [6.07, 6.45) is 0.168. The van der Waals surface area contributed by atoms with E-state index in [1.165, 1.54) is 12.1 Å². The number of nitrogens with one attached hydrogen (secondary N) is 2. The Bertz CT molecular complexity index is 1210. The van der Waals surface area contributed by atoms with E-state index in [0.717, 1.165) is 16.7 Å². The standard InChI is InChI=1S/C25H27ClN2O4S/c1-4-32-23-11-10-20(26)16-24(23)33(30,31)28-22(15-19-8-6-5-7-9-19)25(29)27-21-13-17(2)12-18(3)14-21/h5-14,16,22,28H,4,15H2,1-3H3,(H,27,29). The molecular formula is C25H27ClN2O4S. The van der Waals surface area contributed by atoms with Gasteiger partial charge in [0.1, 0.15) is 16.7 Å². The lowest BCUT2D eigenvalue weighted by Crippen LogP contribution is -2.45. The Labute approximate surface area is 200 Å². The lowest BCUT2D eigenvalue weighted by molar-refractivity contribution is -0.117. The number of aryl methyl sites for hydroxylation is 2. The first kappa shape index (κ1) is 24.8. The van der Waals surface area contributed by atoms with Gasteiger partial charge in [-0.2, -0.15) is 4.72 Å². The Morgan fingerprint density at radius 3 is 2.30 bits per heavy atom. The summed E-state index contributed by atoms with van der Waals surface area (Å²) in [5, 5.41) is 3.09. The molecule has 0 aliphatic heterocycles. The van der Waals surface area contributed by atoms with Crippen molar-refractivity contribution in [2.24, 2.45) is 0 Å². The van der Waals surface area contributed by atoms with Gasteiger partial charge in [0.05, 0.1) is 6.61 Å². The molecule has 0 fully saturated rings. The topological polar surface area (TPSA) is 84.5 Å². The Morgan fingerprint density at radius 1 is 1.00 bits per heavy atom. The third-order valence-electron chi connectivity index (χ3n) is 4.88.